The van der Waals surface area contributed by atoms with E-state index in [4.69, 9.17) is 0 Å². The first kappa shape index (κ1) is 10.7. The van der Waals surface area contributed by atoms with Gasteiger partial charge in [-0.15, -0.1) is 0 Å². The highest BCUT2D eigenvalue weighted by atomic mass is 19.1. The summed E-state index contributed by atoms with van der Waals surface area (Å²) >= 11 is 0. The highest BCUT2D eigenvalue weighted by molar-refractivity contribution is 6.09. The van der Waals surface area contributed by atoms with E-state index in [1.165, 1.54) is 12.1 Å². The molecule has 1 aliphatic heterocycles. The second-order valence-electron chi connectivity index (χ2n) is 5.28. The van der Waals surface area contributed by atoms with Crippen molar-refractivity contribution in [3.05, 3.63) is 65.5 Å². The molecule has 2 unspecified atom stereocenters. The summed E-state index contributed by atoms with van der Waals surface area (Å²) in [5.74, 6) is -0.00509. The molecule has 2 nitrogen and oxygen atoms in total. The predicted octanol–water partition coefficient (Wildman–Crippen LogP) is 3.20. The van der Waals surface area contributed by atoms with Crippen LogP contribution in [0.15, 0.2) is 48.5 Å². The van der Waals surface area contributed by atoms with Crippen LogP contribution in [0.1, 0.15) is 23.5 Å². The van der Waals surface area contributed by atoms with Crippen LogP contribution in [0.2, 0.25) is 0 Å². The van der Waals surface area contributed by atoms with Crippen molar-refractivity contribution in [1.82, 2.24) is 0 Å². The largest absolute Gasteiger partial charge is 0.325 e. The summed E-state index contributed by atoms with van der Waals surface area (Å²) in [6.07, 6.45) is 0.807. The second kappa shape index (κ2) is 3.44. The summed E-state index contributed by atoms with van der Waals surface area (Å²) in [5, 5.41) is 2.95. The van der Waals surface area contributed by atoms with Crippen LogP contribution >= 0.6 is 0 Å². The number of amides is 1. The minimum atomic E-state index is -0.422. The number of rotatable bonds is 1. The fourth-order valence-electron chi connectivity index (χ4n) is 3.25. The average molecular weight is 253 g/mol. The van der Waals surface area contributed by atoms with E-state index in [1.807, 2.05) is 24.3 Å². The Morgan fingerprint density at radius 3 is 2.63 bits per heavy atom. The van der Waals surface area contributed by atoms with E-state index >= 15 is 0 Å². The maximum Gasteiger partial charge on any atom is 0.235 e. The van der Waals surface area contributed by atoms with Crippen LogP contribution in [0.4, 0.5) is 10.1 Å². The molecule has 2 aromatic carbocycles. The van der Waals surface area contributed by atoms with Gasteiger partial charge in [0.2, 0.25) is 5.91 Å². The van der Waals surface area contributed by atoms with Gasteiger partial charge in [0.15, 0.2) is 0 Å². The average Bonchev–Trinajstić information content (AvgIpc) is 3.10. The number of hydrogen-bond donors (Lipinski definition) is 1. The van der Waals surface area contributed by atoms with Crippen molar-refractivity contribution in [2.75, 3.05) is 5.32 Å². The molecule has 19 heavy (non-hydrogen) atoms. The standard InChI is InChI=1S/C16H12FNO/c17-11-7-5-10(6-8-11)13-9-16(13)12-3-1-2-4-14(12)18-15(16)19/h1-8,13H,9H2,(H,18,19). The van der Waals surface area contributed by atoms with Gasteiger partial charge in [-0.05, 0) is 35.7 Å². The normalized spacial score (nSPS) is 27.2. The summed E-state index contributed by atoms with van der Waals surface area (Å²) < 4.78 is 13.0. The number of carbonyl (C=O) groups is 1. The summed E-state index contributed by atoms with van der Waals surface area (Å²) in [4.78, 5) is 12.3. The maximum absolute atomic E-state index is 13.0. The van der Waals surface area contributed by atoms with E-state index < -0.39 is 5.41 Å². The third-order valence-electron chi connectivity index (χ3n) is 4.29. The first-order chi connectivity index (χ1) is 9.22. The van der Waals surface area contributed by atoms with E-state index in [0.717, 1.165) is 23.2 Å². The number of carbonyl (C=O) groups excluding carboxylic acids is 1. The number of para-hydroxylation sites is 1. The molecule has 0 aromatic heterocycles. The Hall–Kier alpha value is -2.16. The van der Waals surface area contributed by atoms with E-state index in [9.17, 15) is 9.18 Å². The monoisotopic (exact) mass is 253 g/mol. The summed E-state index contributed by atoms with van der Waals surface area (Å²) in [6.45, 7) is 0. The van der Waals surface area contributed by atoms with E-state index in [-0.39, 0.29) is 17.6 Å². The molecule has 2 aromatic rings. The lowest BCUT2D eigenvalue weighted by Crippen LogP contribution is -2.20. The van der Waals surface area contributed by atoms with Crippen LogP contribution in [0.25, 0.3) is 0 Å². The molecule has 3 heteroatoms. The van der Waals surface area contributed by atoms with Crippen LogP contribution < -0.4 is 5.32 Å². The molecule has 4 rings (SSSR count). The number of nitrogens with one attached hydrogen (secondary N) is 1. The molecule has 94 valence electrons. The molecule has 1 aliphatic carbocycles. The Morgan fingerprint density at radius 1 is 1.11 bits per heavy atom. The van der Waals surface area contributed by atoms with Crippen molar-refractivity contribution in [2.45, 2.75) is 17.8 Å². The third-order valence-corrected chi connectivity index (χ3v) is 4.29. The highest BCUT2D eigenvalue weighted by Crippen LogP contribution is 2.64. The number of anilines is 1. The number of halogens is 1. The van der Waals surface area contributed by atoms with E-state index in [2.05, 4.69) is 5.32 Å². The fourth-order valence-corrected chi connectivity index (χ4v) is 3.25. The van der Waals surface area contributed by atoms with Gasteiger partial charge < -0.3 is 5.32 Å². The molecule has 0 saturated heterocycles. The lowest BCUT2D eigenvalue weighted by molar-refractivity contribution is -0.118. The van der Waals surface area contributed by atoms with E-state index in [1.54, 1.807) is 12.1 Å². The minimum Gasteiger partial charge on any atom is -0.325 e. The first-order valence-electron chi connectivity index (χ1n) is 6.38. The third kappa shape index (κ3) is 1.33. The Morgan fingerprint density at radius 2 is 1.84 bits per heavy atom. The second-order valence-corrected chi connectivity index (χ2v) is 5.28. The molecule has 1 saturated carbocycles. The van der Waals surface area contributed by atoms with Crippen molar-refractivity contribution in [3.63, 3.8) is 0 Å². The Bertz CT molecular complexity index is 679. The van der Waals surface area contributed by atoms with Crippen LogP contribution in [-0.2, 0) is 10.2 Å². The molecule has 0 radical (unpaired) electrons. The molecule has 1 spiro atoms. The van der Waals surface area contributed by atoms with Crippen molar-refractivity contribution < 1.29 is 9.18 Å². The smallest absolute Gasteiger partial charge is 0.235 e. The minimum absolute atomic E-state index is 0.0722. The lowest BCUT2D eigenvalue weighted by Gasteiger charge is -2.08. The molecular weight excluding hydrogens is 241 g/mol. The molecule has 2 aliphatic rings. The Balaban J connectivity index is 1.78. The van der Waals surface area contributed by atoms with Gasteiger partial charge in [-0.1, -0.05) is 30.3 Å². The topological polar surface area (TPSA) is 29.1 Å². The first-order valence-corrected chi connectivity index (χ1v) is 6.38. The van der Waals surface area contributed by atoms with E-state index in [0.29, 0.717) is 0 Å². The zero-order chi connectivity index (χ0) is 13.0. The Kier molecular flexibility index (Phi) is 1.94. The Labute approximate surface area is 110 Å². The highest BCUT2D eigenvalue weighted by Gasteiger charge is 2.64. The molecular formula is C16H12FNO. The quantitative estimate of drug-likeness (QED) is 0.830. The SMILES string of the molecule is O=C1Nc2ccccc2C12CC2c1ccc(F)cc1. The van der Waals surface area contributed by atoms with Gasteiger partial charge in [0.1, 0.15) is 5.82 Å². The predicted molar refractivity (Wildman–Crippen MR) is 70.5 cm³/mol. The van der Waals surface area contributed by atoms with Crippen LogP contribution in [-0.4, -0.2) is 5.91 Å². The van der Waals surface area contributed by atoms with Gasteiger partial charge in [-0.25, -0.2) is 4.39 Å². The van der Waals surface area contributed by atoms with Crippen molar-refractivity contribution >= 4 is 11.6 Å². The zero-order valence-electron chi connectivity index (χ0n) is 10.2. The van der Waals surface area contributed by atoms with Gasteiger partial charge in [-0.3, -0.25) is 4.79 Å². The van der Waals surface area contributed by atoms with Gasteiger partial charge in [0.05, 0.1) is 5.41 Å². The summed E-state index contributed by atoms with van der Waals surface area (Å²) in [5.41, 5.74) is 2.61. The van der Waals surface area contributed by atoms with Gasteiger partial charge in [0.25, 0.3) is 0 Å². The van der Waals surface area contributed by atoms with Gasteiger partial charge in [-0.2, -0.15) is 0 Å². The van der Waals surface area contributed by atoms with Gasteiger partial charge in [0, 0.05) is 11.6 Å². The molecule has 0 bridgehead atoms. The zero-order valence-corrected chi connectivity index (χ0v) is 10.2. The molecule has 1 heterocycles. The molecule has 1 N–H and O–H groups in total. The van der Waals surface area contributed by atoms with Crippen LogP contribution in [0.5, 0.6) is 0 Å². The van der Waals surface area contributed by atoms with Gasteiger partial charge >= 0.3 is 0 Å². The molecule has 1 fully saturated rings. The maximum atomic E-state index is 13.0. The number of hydrogen-bond acceptors (Lipinski definition) is 1. The number of benzene rings is 2. The summed E-state index contributed by atoms with van der Waals surface area (Å²) in [7, 11) is 0. The van der Waals surface area contributed by atoms with Crippen molar-refractivity contribution in [2.24, 2.45) is 0 Å². The fraction of sp³-hybridized carbons (Fsp3) is 0.188. The lowest BCUT2D eigenvalue weighted by atomic mass is 9.92. The van der Waals surface area contributed by atoms with Crippen molar-refractivity contribution in [3.8, 4) is 0 Å². The number of fused-ring (bicyclic) bond motifs is 2. The molecule has 2 atom stereocenters. The molecule has 1 amide bonds. The van der Waals surface area contributed by atoms with Crippen molar-refractivity contribution in [1.29, 1.82) is 0 Å². The van der Waals surface area contributed by atoms with Crippen LogP contribution in [0.3, 0.4) is 0 Å². The summed E-state index contributed by atoms with van der Waals surface area (Å²) in [6, 6.07) is 14.3. The van der Waals surface area contributed by atoms with Crippen LogP contribution in [0, 0.1) is 5.82 Å².